The number of anilines is 1. The highest BCUT2D eigenvalue weighted by atomic mass is 16.4. The van der Waals surface area contributed by atoms with Crippen molar-refractivity contribution in [1.82, 2.24) is 5.32 Å². The fourth-order valence-electron chi connectivity index (χ4n) is 2.28. The molecule has 1 atom stereocenters. The Morgan fingerprint density at radius 3 is 2.88 bits per heavy atom. The molecule has 4 heteroatoms. The van der Waals surface area contributed by atoms with Crippen molar-refractivity contribution in [2.75, 3.05) is 24.5 Å². The second-order valence-electron chi connectivity index (χ2n) is 4.34. The third-order valence-corrected chi connectivity index (χ3v) is 3.07. The number of carboxylic acid groups (broad SMARTS) is 1. The highest BCUT2D eigenvalue weighted by Gasteiger charge is 2.23. The van der Waals surface area contributed by atoms with E-state index in [2.05, 4.69) is 10.2 Å². The minimum absolute atomic E-state index is 0.0393. The Balaban J connectivity index is 2.17. The summed E-state index contributed by atoms with van der Waals surface area (Å²) in [6.07, 6.45) is 1.23. The van der Waals surface area contributed by atoms with E-state index in [1.54, 1.807) is 0 Å². The van der Waals surface area contributed by atoms with Gasteiger partial charge in [0.2, 0.25) is 0 Å². The van der Waals surface area contributed by atoms with Crippen LogP contribution in [-0.2, 0) is 4.79 Å². The molecule has 1 aliphatic rings. The molecule has 1 aliphatic heterocycles. The van der Waals surface area contributed by atoms with E-state index in [0.29, 0.717) is 0 Å². The molecule has 0 radical (unpaired) electrons. The quantitative estimate of drug-likeness (QED) is 0.828. The maximum atomic E-state index is 10.9. The predicted molar refractivity (Wildman–Crippen MR) is 67.3 cm³/mol. The largest absolute Gasteiger partial charge is 0.481 e. The molecule has 1 aromatic rings. The van der Waals surface area contributed by atoms with Gasteiger partial charge in [-0.3, -0.25) is 4.79 Å². The Labute approximate surface area is 101 Å². The molecule has 2 rings (SSSR count). The molecule has 1 aromatic carbocycles. The van der Waals surface area contributed by atoms with Gasteiger partial charge in [-0.15, -0.1) is 0 Å². The molecule has 0 spiro atoms. The summed E-state index contributed by atoms with van der Waals surface area (Å²) in [7, 11) is 0. The van der Waals surface area contributed by atoms with Gasteiger partial charge in [0, 0.05) is 18.8 Å². The highest BCUT2D eigenvalue weighted by Crippen LogP contribution is 2.19. The minimum atomic E-state index is -0.736. The number of benzene rings is 1. The van der Waals surface area contributed by atoms with Crippen molar-refractivity contribution in [3.8, 4) is 0 Å². The van der Waals surface area contributed by atoms with Gasteiger partial charge in [0.15, 0.2) is 0 Å². The number of hydrogen-bond acceptors (Lipinski definition) is 3. The molecule has 0 saturated carbocycles. The SMILES string of the molecule is O=C(O)CC1CNCCCN1c1ccccc1. The molecule has 1 unspecified atom stereocenters. The fourth-order valence-corrected chi connectivity index (χ4v) is 2.28. The predicted octanol–water partition coefficient (Wildman–Crippen LogP) is 1.33. The summed E-state index contributed by atoms with van der Waals surface area (Å²) in [5, 5.41) is 12.3. The second-order valence-corrected chi connectivity index (χ2v) is 4.34. The van der Waals surface area contributed by atoms with E-state index in [-0.39, 0.29) is 12.5 Å². The van der Waals surface area contributed by atoms with Gasteiger partial charge in [0.25, 0.3) is 0 Å². The number of nitrogens with one attached hydrogen (secondary N) is 1. The Bertz CT molecular complexity index is 367. The third kappa shape index (κ3) is 3.20. The molecule has 2 N–H and O–H groups in total. The third-order valence-electron chi connectivity index (χ3n) is 3.07. The van der Waals surface area contributed by atoms with Crippen molar-refractivity contribution in [3.63, 3.8) is 0 Å². The Morgan fingerprint density at radius 2 is 2.18 bits per heavy atom. The topological polar surface area (TPSA) is 52.6 Å². The van der Waals surface area contributed by atoms with Crippen molar-refractivity contribution in [1.29, 1.82) is 0 Å². The van der Waals surface area contributed by atoms with Crippen molar-refractivity contribution in [3.05, 3.63) is 30.3 Å². The molecular formula is C13H18N2O2. The number of carbonyl (C=O) groups is 1. The van der Waals surface area contributed by atoms with Crippen LogP contribution in [0.4, 0.5) is 5.69 Å². The summed E-state index contributed by atoms with van der Waals surface area (Å²) >= 11 is 0. The van der Waals surface area contributed by atoms with Crippen LogP contribution < -0.4 is 10.2 Å². The zero-order valence-electron chi connectivity index (χ0n) is 9.80. The van der Waals surface area contributed by atoms with Crippen molar-refractivity contribution in [2.24, 2.45) is 0 Å². The number of rotatable bonds is 3. The monoisotopic (exact) mass is 234 g/mol. The van der Waals surface area contributed by atoms with E-state index in [1.807, 2.05) is 30.3 Å². The van der Waals surface area contributed by atoms with Crippen molar-refractivity contribution >= 4 is 11.7 Å². The first-order valence-electron chi connectivity index (χ1n) is 6.01. The van der Waals surface area contributed by atoms with E-state index >= 15 is 0 Å². The number of hydrogen-bond donors (Lipinski definition) is 2. The Kier molecular flexibility index (Phi) is 3.98. The minimum Gasteiger partial charge on any atom is -0.481 e. The molecule has 1 saturated heterocycles. The number of aliphatic carboxylic acids is 1. The smallest absolute Gasteiger partial charge is 0.305 e. The Morgan fingerprint density at radius 1 is 1.41 bits per heavy atom. The summed E-state index contributed by atoms with van der Waals surface area (Å²) in [6, 6.07) is 10.1. The van der Waals surface area contributed by atoms with E-state index in [9.17, 15) is 4.79 Å². The molecular weight excluding hydrogens is 216 g/mol. The standard InChI is InChI=1S/C13H18N2O2/c16-13(17)9-12-10-14-7-4-8-15(12)11-5-2-1-3-6-11/h1-3,5-6,12,14H,4,7-10H2,(H,16,17). The van der Waals surface area contributed by atoms with Crippen molar-refractivity contribution < 1.29 is 9.90 Å². The average Bonchev–Trinajstić information content (AvgIpc) is 2.55. The first-order chi connectivity index (χ1) is 8.27. The van der Waals surface area contributed by atoms with Gasteiger partial charge in [0.1, 0.15) is 0 Å². The average molecular weight is 234 g/mol. The van der Waals surface area contributed by atoms with Crippen LogP contribution in [0.5, 0.6) is 0 Å². The van der Waals surface area contributed by atoms with E-state index in [1.165, 1.54) is 0 Å². The van der Waals surface area contributed by atoms with Crippen molar-refractivity contribution in [2.45, 2.75) is 18.9 Å². The van der Waals surface area contributed by atoms with Gasteiger partial charge in [-0.05, 0) is 25.1 Å². The summed E-state index contributed by atoms with van der Waals surface area (Å²) in [6.45, 7) is 2.61. The number of carboxylic acids is 1. The van der Waals surface area contributed by atoms with Gasteiger partial charge in [-0.25, -0.2) is 0 Å². The highest BCUT2D eigenvalue weighted by molar-refractivity contribution is 5.68. The molecule has 0 amide bonds. The summed E-state index contributed by atoms with van der Waals surface area (Å²) in [5.74, 6) is -0.736. The van der Waals surface area contributed by atoms with Gasteiger partial charge < -0.3 is 15.3 Å². The van der Waals surface area contributed by atoms with Gasteiger partial charge in [0.05, 0.1) is 12.5 Å². The maximum Gasteiger partial charge on any atom is 0.305 e. The molecule has 0 bridgehead atoms. The summed E-state index contributed by atoms with van der Waals surface area (Å²) in [5.41, 5.74) is 1.11. The van der Waals surface area contributed by atoms with Crippen LogP contribution in [0.3, 0.4) is 0 Å². The number of para-hydroxylation sites is 1. The zero-order valence-corrected chi connectivity index (χ0v) is 9.80. The normalized spacial score (nSPS) is 20.9. The van der Waals surface area contributed by atoms with Crippen LogP contribution in [0.1, 0.15) is 12.8 Å². The molecule has 92 valence electrons. The van der Waals surface area contributed by atoms with E-state index in [4.69, 9.17) is 5.11 Å². The van der Waals surface area contributed by atoms with Crippen LogP contribution in [0.15, 0.2) is 30.3 Å². The van der Waals surface area contributed by atoms with Crippen LogP contribution in [0.2, 0.25) is 0 Å². The van der Waals surface area contributed by atoms with E-state index in [0.717, 1.165) is 31.7 Å². The van der Waals surface area contributed by atoms with Gasteiger partial charge >= 0.3 is 5.97 Å². The fraction of sp³-hybridized carbons (Fsp3) is 0.462. The van der Waals surface area contributed by atoms with Gasteiger partial charge in [-0.2, -0.15) is 0 Å². The lowest BCUT2D eigenvalue weighted by molar-refractivity contribution is -0.137. The van der Waals surface area contributed by atoms with E-state index < -0.39 is 5.97 Å². The first kappa shape index (κ1) is 11.9. The summed E-state index contributed by atoms with van der Waals surface area (Å²) < 4.78 is 0. The first-order valence-corrected chi connectivity index (χ1v) is 6.01. The van der Waals surface area contributed by atoms with Crippen LogP contribution in [-0.4, -0.2) is 36.8 Å². The zero-order chi connectivity index (χ0) is 12.1. The molecule has 1 heterocycles. The molecule has 17 heavy (non-hydrogen) atoms. The van der Waals surface area contributed by atoms with Crippen LogP contribution in [0, 0.1) is 0 Å². The second kappa shape index (κ2) is 5.68. The summed E-state index contributed by atoms with van der Waals surface area (Å²) in [4.78, 5) is 13.1. The molecule has 0 aliphatic carbocycles. The lowest BCUT2D eigenvalue weighted by Crippen LogP contribution is -2.41. The molecule has 1 fully saturated rings. The number of nitrogens with zero attached hydrogens (tertiary/aromatic N) is 1. The molecule has 4 nitrogen and oxygen atoms in total. The van der Waals surface area contributed by atoms with Gasteiger partial charge in [-0.1, -0.05) is 18.2 Å². The lowest BCUT2D eigenvalue weighted by atomic mass is 10.1. The maximum absolute atomic E-state index is 10.9. The molecule has 0 aromatic heterocycles. The van der Waals surface area contributed by atoms with Crippen LogP contribution >= 0.6 is 0 Å². The Hall–Kier alpha value is -1.55. The van der Waals surface area contributed by atoms with Crippen LogP contribution in [0.25, 0.3) is 0 Å². The lowest BCUT2D eigenvalue weighted by Gasteiger charge is -2.30.